The van der Waals surface area contributed by atoms with Crippen molar-refractivity contribution in [2.24, 2.45) is 0 Å². The van der Waals surface area contributed by atoms with Crippen LogP contribution in [-0.4, -0.2) is 24.8 Å². The predicted molar refractivity (Wildman–Crippen MR) is 81.6 cm³/mol. The molecule has 1 aromatic rings. The molecule has 3 heteroatoms. The molecule has 0 saturated heterocycles. The van der Waals surface area contributed by atoms with Crippen molar-refractivity contribution in [2.75, 3.05) is 13.7 Å². The van der Waals surface area contributed by atoms with Gasteiger partial charge in [0.25, 0.3) is 0 Å². The first-order valence-electron chi connectivity index (χ1n) is 7.96. The fourth-order valence-electron chi connectivity index (χ4n) is 3.87. The summed E-state index contributed by atoms with van der Waals surface area (Å²) in [6.07, 6.45) is 7.07. The summed E-state index contributed by atoms with van der Waals surface area (Å²) in [4.78, 5) is 11.9. The van der Waals surface area contributed by atoms with Crippen LogP contribution in [0.4, 0.5) is 0 Å². The predicted octanol–water partition coefficient (Wildman–Crippen LogP) is 3.65. The molecule has 3 nitrogen and oxygen atoms in total. The lowest BCUT2D eigenvalue weighted by Gasteiger charge is -2.34. The summed E-state index contributed by atoms with van der Waals surface area (Å²) in [6, 6.07) is 8.34. The highest BCUT2D eigenvalue weighted by Crippen LogP contribution is 2.49. The van der Waals surface area contributed by atoms with E-state index in [0.29, 0.717) is 0 Å². The van der Waals surface area contributed by atoms with Gasteiger partial charge in [-0.2, -0.15) is 0 Å². The number of hydrogen-bond donors (Lipinski definition) is 1. The number of carboxylic acids is 1. The van der Waals surface area contributed by atoms with Crippen LogP contribution in [0.5, 0.6) is 0 Å². The third-order valence-electron chi connectivity index (χ3n) is 5.44. The van der Waals surface area contributed by atoms with Crippen molar-refractivity contribution >= 4 is 5.97 Å². The molecule has 0 aliphatic heterocycles. The molecule has 2 aliphatic carbocycles. The third kappa shape index (κ3) is 2.48. The van der Waals surface area contributed by atoms with E-state index >= 15 is 0 Å². The van der Waals surface area contributed by atoms with E-state index in [1.165, 1.54) is 18.4 Å². The van der Waals surface area contributed by atoms with E-state index in [1.54, 1.807) is 7.11 Å². The third-order valence-corrected chi connectivity index (χ3v) is 5.44. The molecular weight excluding hydrogens is 264 g/mol. The summed E-state index contributed by atoms with van der Waals surface area (Å²) in [5.74, 6) is -0.659. The SMILES string of the molecule is COCC1(c2ccc(C3(C(=O)O)CCCCC3)cc2)CC1. The lowest BCUT2D eigenvalue weighted by Crippen LogP contribution is -2.37. The summed E-state index contributed by atoms with van der Waals surface area (Å²) < 4.78 is 5.33. The maximum Gasteiger partial charge on any atom is 0.314 e. The van der Waals surface area contributed by atoms with E-state index in [9.17, 15) is 9.90 Å². The Kier molecular flexibility index (Phi) is 3.78. The number of hydrogen-bond acceptors (Lipinski definition) is 2. The van der Waals surface area contributed by atoms with Crippen LogP contribution >= 0.6 is 0 Å². The van der Waals surface area contributed by atoms with E-state index in [-0.39, 0.29) is 5.41 Å². The van der Waals surface area contributed by atoms with Gasteiger partial charge in [0.2, 0.25) is 0 Å². The summed E-state index contributed by atoms with van der Waals surface area (Å²) in [7, 11) is 1.75. The Balaban J connectivity index is 1.87. The Bertz CT molecular complexity index is 508. The van der Waals surface area contributed by atoms with Gasteiger partial charge in [-0.3, -0.25) is 4.79 Å². The van der Waals surface area contributed by atoms with Crippen molar-refractivity contribution in [3.63, 3.8) is 0 Å². The standard InChI is InChI=1S/C18H24O3/c1-21-13-17(11-12-17)14-5-7-15(8-6-14)18(16(19)20)9-3-2-4-10-18/h5-8H,2-4,9-13H2,1H3,(H,19,20). The molecule has 1 aromatic carbocycles. The Morgan fingerprint density at radius 3 is 2.10 bits per heavy atom. The van der Waals surface area contributed by atoms with E-state index in [0.717, 1.165) is 44.3 Å². The van der Waals surface area contributed by atoms with Gasteiger partial charge < -0.3 is 9.84 Å². The number of carbonyl (C=O) groups is 1. The summed E-state index contributed by atoms with van der Waals surface area (Å²) >= 11 is 0. The van der Waals surface area contributed by atoms with E-state index in [1.807, 2.05) is 12.1 Å². The number of benzene rings is 1. The van der Waals surface area contributed by atoms with Crippen LogP contribution in [0.1, 0.15) is 56.1 Å². The van der Waals surface area contributed by atoms with Crippen LogP contribution in [0, 0.1) is 0 Å². The average molecular weight is 288 g/mol. The maximum absolute atomic E-state index is 11.9. The number of carboxylic acid groups (broad SMARTS) is 1. The second kappa shape index (κ2) is 5.45. The average Bonchev–Trinajstić information content (AvgIpc) is 3.29. The van der Waals surface area contributed by atoms with Crippen molar-refractivity contribution < 1.29 is 14.6 Å². The molecule has 0 aromatic heterocycles. The smallest absolute Gasteiger partial charge is 0.314 e. The van der Waals surface area contributed by atoms with Crippen LogP contribution in [0.25, 0.3) is 0 Å². The summed E-state index contributed by atoms with van der Waals surface area (Å²) in [5, 5.41) is 9.75. The van der Waals surface area contributed by atoms with E-state index in [2.05, 4.69) is 12.1 Å². The van der Waals surface area contributed by atoms with Crippen molar-refractivity contribution in [1.29, 1.82) is 0 Å². The van der Waals surface area contributed by atoms with Crippen molar-refractivity contribution in [1.82, 2.24) is 0 Å². The number of ether oxygens (including phenoxy) is 1. The van der Waals surface area contributed by atoms with Gasteiger partial charge in [0, 0.05) is 12.5 Å². The molecule has 2 fully saturated rings. The highest BCUT2D eigenvalue weighted by Gasteiger charge is 2.45. The van der Waals surface area contributed by atoms with E-state index < -0.39 is 11.4 Å². The molecule has 0 atom stereocenters. The molecule has 0 spiro atoms. The number of methoxy groups -OCH3 is 1. The van der Waals surface area contributed by atoms with Crippen LogP contribution in [0.15, 0.2) is 24.3 Å². The molecular formula is C18H24O3. The molecule has 0 radical (unpaired) electrons. The van der Waals surface area contributed by atoms with Crippen molar-refractivity contribution in [3.8, 4) is 0 Å². The lowest BCUT2D eigenvalue weighted by atomic mass is 9.69. The molecule has 114 valence electrons. The van der Waals surface area contributed by atoms with Crippen LogP contribution in [0.3, 0.4) is 0 Å². The van der Waals surface area contributed by atoms with Crippen molar-refractivity contribution in [2.45, 2.75) is 55.8 Å². The number of aliphatic carboxylic acids is 1. The monoisotopic (exact) mass is 288 g/mol. The van der Waals surface area contributed by atoms with E-state index in [4.69, 9.17) is 4.74 Å². The first-order chi connectivity index (χ1) is 10.1. The molecule has 0 amide bonds. The molecule has 0 unspecified atom stereocenters. The van der Waals surface area contributed by atoms with Crippen LogP contribution in [0.2, 0.25) is 0 Å². The fraction of sp³-hybridized carbons (Fsp3) is 0.611. The molecule has 0 heterocycles. The normalized spacial score (nSPS) is 22.7. The zero-order valence-corrected chi connectivity index (χ0v) is 12.7. The minimum absolute atomic E-state index is 0.191. The summed E-state index contributed by atoms with van der Waals surface area (Å²) in [5.41, 5.74) is 1.81. The van der Waals surface area contributed by atoms with Gasteiger partial charge in [0.15, 0.2) is 0 Å². The van der Waals surface area contributed by atoms with Gasteiger partial charge in [0.05, 0.1) is 12.0 Å². The van der Waals surface area contributed by atoms with Crippen LogP contribution < -0.4 is 0 Å². The molecule has 2 saturated carbocycles. The van der Waals surface area contributed by atoms with Gasteiger partial charge in [-0.05, 0) is 36.8 Å². The van der Waals surface area contributed by atoms with Crippen LogP contribution in [-0.2, 0) is 20.4 Å². The molecule has 3 rings (SSSR count). The first kappa shape index (κ1) is 14.6. The molecule has 2 aliphatic rings. The molecule has 0 bridgehead atoms. The Labute approximate surface area is 126 Å². The molecule has 21 heavy (non-hydrogen) atoms. The fourth-order valence-corrected chi connectivity index (χ4v) is 3.87. The second-order valence-electron chi connectivity index (χ2n) is 6.74. The number of rotatable bonds is 5. The largest absolute Gasteiger partial charge is 0.481 e. The Morgan fingerprint density at radius 2 is 1.62 bits per heavy atom. The minimum Gasteiger partial charge on any atom is -0.481 e. The van der Waals surface area contributed by atoms with Gasteiger partial charge in [0.1, 0.15) is 0 Å². The zero-order valence-electron chi connectivity index (χ0n) is 12.7. The minimum atomic E-state index is -0.659. The highest BCUT2D eigenvalue weighted by molar-refractivity contribution is 5.81. The van der Waals surface area contributed by atoms with Gasteiger partial charge >= 0.3 is 5.97 Å². The quantitative estimate of drug-likeness (QED) is 0.899. The van der Waals surface area contributed by atoms with Gasteiger partial charge in [-0.15, -0.1) is 0 Å². The maximum atomic E-state index is 11.9. The van der Waals surface area contributed by atoms with Gasteiger partial charge in [-0.25, -0.2) is 0 Å². The zero-order chi connectivity index (χ0) is 14.9. The molecule has 1 N–H and O–H groups in total. The summed E-state index contributed by atoms with van der Waals surface area (Å²) in [6.45, 7) is 0.760. The topological polar surface area (TPSA) is 46.5 Å². The van der Waals surface area contributed by atoms with Crippen molar-refractivity contribution in [3.05, 3.63) is 35.4 Å². The Hall–Kier alpha value is -1.35. The van der Waals surface area contributed by atoms with Gasteiger partial charge in [-0.1, -0.05) is 43.5 Å². The first-order valence-corrected chi connectivity index (χ1v) is 7.96. The highest BCUT2D eigenvalue weighted by atomic mass is 16.5. The Morgan fingerprint density at radius 1 is 1.05 bits per heavy atom. The second-order valence-corrected chi connectivity index (χ2v) is 6.74. The lowest BCUT2D eigenvalue weighted by molar-refractivity contribution is -0.145.